The molecule has 0 radical (unpaired) electrons. The molecular weight excluding hydrogens is 230 g/mol. The molecule has 3 N–H and O–H groups in total. The standard InChI is InChI=1S/C12H21N5O/c1-12(4-2-3-5-12)9-14-11(18)8-17-7-10(6-13)15-16-17/h7H,2-6,8-9,13H2,1H3,(H,14,18). The quantitative estimate of drug-likeness (QED) is 0.794. The van der Waals surface area contributed by atoms with Gasteiger partial charge in [-0.05, 0) is 18.3 Å². The van der Waals surface area contributed by atoms with E-state index in [2.05, 4.69) is 22.6 Å². The first-order chi connectivity index (χ1) is 8.61. The molecule has 0 aliphatic heterocycles. The van der Waals surface area contributed by atoms with E-state index in [0.29, 0.717) is 12.2 Å². The first kappa shape index (κ1) is 13.0. The lowest BCUT2D eigenvalue weighted by Crippen LogP contribution is -2.36. The van der Waals surface area contributed by atoms with Crippen LogP contribution in [-0.2, 0) is 17.9 Å². The van der Waals surface area contributed by atoms with Crippen molar-refractivity contribution in [2.75, 3.05) is 6.54 Å². The number of aromatic nitrogens is 3. The average Bonchev–Trinajstić information content (AvgIpc) is 2.96. The predicted octanol–water partition coefficient (Wildman–Crippen LogP) is 0.433. The molecule has 6 nitrogen and oxygen atoms in total. The Hall–Kier alpha value is -1.43. The van der Waals surface area contributed by atoms with Gasteiger partial charge in [-0.25, -0.2) is 4.68 Å². The van der Waals surface area contributed by atoms with Gasteiger partial charge < -0.3 is 11.1 Å². The summed E-state index contributed by atoms with van der Waals surface area (Å²) in [6.07, 6.45) is 6.66. The Morgan fingerprint density at radius 1 is 1.56 bits per heavy atom. The van der Waals surface area contributed by atoms with E-state index in [1.165, 1.54) is 30.4 Å². The topological polar surface area (TPSA) is 85.8 Å². The summed E-state index contributed by atoms with van der Waals surface area (Å²) in [5.74, 6) is -0.0170. The number of carbonyl (C=O) groups is 1. The van der Waals surface area contributed by atoms with Crippen LogP contribution in [-0.4, -0.2) is 27.4 Å². The summed E-state index contributed by atoms with van der Waals surface area (Å²) in [6, 6.07) is 0. The van der Waals surface area contributed by atoms with Gasteiger partial charge >= 0.3 is 0 Å². The van der Waals surface area contributed by atoms with E-state index < -0.39 is 0 Å². The molecule has 0 aromatic carbocycles. The lowest BCUT2D eigenvalue weighted by Gasteiger charge is -2.23. The van der Waals surface area contributed by atoms with Crippen molar-refractivity contribution in [1.82, 2.24) is 20.3 Å². The van der Waals surface area contributed by atoms with Crippen molar-refractivity contribution >= 4 is 5.91 Å². The third kappa shape index (κ3) is 3.29. The maximum atomic E-state index is 11.8. The maximum Gasteiger partial charge on any atom is 0.241 e. The number of amides is 1. The molecule has 1 saturated carbocycles. The summed E-state index contributed by atoms with van der Waals surface area (Å²) in [7, 11) is 0. The third-order valence-electron chi connectivity index (χ3n) is 3.62. The summed E-state index contributed by atoms with van der Waals surface area (Å²) in [5, 5.41) is 10.7. The van der Waals surface area contributed by atoms with Crippen LogP contribution in [0.15, 0.2) is 6.20 Å². The Bertz CT molecular complexity index is 408. The summed E-state index contributed by atoms with van der Waals surface area (Å²) < 4.78 is 1.52. The van der Waals surface area contributed by atoms with Crippen LogP contribution >= 0.6 is 0 Å². The first-order valence-electron chi connectivity index (χ1n) is 6.47. The number of hydrogen-bond acceptors (Lipinski definition) is 4. The van der Waals surface area contributed by atoms with Crippen molar-refractivity contribution in [3.8, 4) is 0 Å². The molecule has 18 heavy (non-hydrogen) atoms. The summed E-state index contributed by atoms with van der Waals surface area (Å²) in [5.41, 5.74) is 6.41. The van der Waals surface area contributed by atoms with Crippen molar-refractivity contribution in [2.45, 2.75) is 45.7 Å². The van der Waals surface area contributed by atoms with Crippen LogP contribution in [0.4, 0.5) is 0 Å². The van der Waals surface area contributed by atoms with Gasteiger partial charge in [0.25, 0.3) is 0 Å². The normalized spacial score (nSPS) is 17.9. The highest BCUT2D eigenvalue weighted by molar-refractivity contribution is 5.75. The molecule has 0 unspecified atom stereocenters. The molecule has 100 valence electrons. The Kier molecular flexibility index (Phi) is 3.96. The second-order valence-corrected chi connectivity index (χ2v) is 5.41. The lowest BCUT2D eigenvalue weighted by atomic mass is 9.89. The third-order valence-corrected chi connectivity index (χ3v) is 3.62. The predicted molar refractivity (Wildman–Crippen MR) is 67.5 cm³/mol. The zero-order chi connectivity index (χ0) is 13.0. The van der Waals surface area contributed by atoms with Crippen LogP contribution in [0.1, 0.15) is 38.3 Å². The van der Waals surface area contributed by atoms with E-state index in [0.717, 1.165) is 6.54 Å². The SMILES string of the molecule is CC1(CNC(=O)Cn2cc(CN)nn2)CCCC1. The number of nitrogens with zero attached hydrogens (tertiary/aromatic N) is 3. The minimum atomic E-state index is -0.0170. The molecule has 0 spiro atoms. The fourth-order valence-corrected chi connectivity index (χ4v) is 2.43. The van der Waals surface area contributed by atoms with Crippen molar-refractivity contribution < 1.29 is 4.79 Å². The van der Waals surface area contributed by atoms with Gasteiger partial charge in [0.1, 0.15) is 6.54 Å². The van der Waals surface area contributed by atoms with Gasteiger partial charge in [-0.2, -0.15) is 0 Å². The van der Waals surface area contributed by atoms with E-state index in [1.54, 1.807) is 6.20 Å². The molecule has 2 rings (SSSR count). The summed E-state index contributed by atoms with van der Waals surface area (Å²) in [4.78, 5) is 11.8. The van der Waals surface area contributed by atoms with Gasteiger partial charge in [0.2, 0.25) is 5.91 Å². The van der Waals surface area contributed by atoms with Gasteiger partial charge in [-0.15, -0.1) is 5.10 Å². The largest absolute Gasteiger partial charge is 0.354 e. The number of nitrogens with one attached hydrogen (secondary N) is 1. The Morgan fingerprint density at radius 2 is 2.28 bits per heavy atom. The van der Waals surface area contributed by atoms with Crippen molar-refractivity contribution in [1.29, 1.82) is 0 Å². The molecule has 1 amide bonds. The van der Waals surface area contributed by atoms with Crippen molar-refractivity contribution in [2.24, 2.45) is 11.1 Å². The van der Waals surface area contributed by atoms with Gasteiger partial charge in [-0.3, -0.25) is 4.79 Å². The lowest BCUT2D eigenvalue weighted by molar-refractivity contribution is -0.122. The highest BCUT2D eigenvalue weighted by Crippen LogP contribution is 2.36. The second kappa shape index (κ2) is 5.48. The number of hydrogen-bond donors (Lipinski definition) is 2. The number of rotatable bonds is 5. The zero-order valence-electron chi connectivity index (χ0n) is 10.9. The highest BCUT2D eigenvalue weighted by Gasteiger charge is 2.28. The van der Waals surface area contributed by atoms with Gasteiger partial charge in [0, 0.05) is 13.1 Å². The molecule has 0 bridgehead atoms. The Labute approximate surface area is 107 Å². The van der Waals surface area contributed by atoms with Gasteiger partial charge in [0.15, 0.2) is 0 Å². The van der Waals surface area contributed by atoms with Crippen molar-refractivity contribution in [3.05, 3.63) is 11.9 Å². The molecule has 1 aliphatic carbocycles. The summed E-state index contributed by atoms with van der Waals surface area (Å²) >= 11 is 0. The Balaban J connectivity index is 1.78. The molecular formula is C12H21N5O. The fourth-order valence-electron chi connectivity index (χ4n) is 2.43. The molecule has 0 atom stereocenters. The summed E-state index contributed by atoms with van der Waals surface area (Å²) in [6.45, 7) is 3.55. The smallest absolute Gasteiger partial charge is 0.241 e. The van der Waals surface area contributed by atoms with E-state index in [4.69, 9.17) is 5.73 Å². The number of carbonyl (C=O) groups excluding carboxylic acids is 1. The molecule has 0 saturated heterocycles. The van der Waals surface area contributed by atoms with Crippen molar-refractivity contribution in [3.63, 3.8) is 0 Å². The fraction of sp³-hybridized carbons (Fsp3) is 0.750. The molecule has 1 aliphatic rings. The van der Waals surface area contributed by atoms with Crippen LogP contribution in [0.3, 0.4) is 0 Å². The van der Waals surface area contributed by atoms with E-state index in [-0.39, 0.29) is 17.9 Å². The molecule has 1 aromatic heterocycles. The first-order valence-corrected chi connectivity index (χ1v) is 6.47. The van der Waals surface area contributed by atoms with E-state index in [9.17, 15) is 4.79 Å². The maximum absolute atomic E-state index is 11.8. The van der Waals surface area contributed by atoms with Crippen LogP contribution < -0.4 is 11.1 Å². The van der Waals surface area contributed by atoms with E-state index >= 15 is 0 Å². The minimum absolute atomic E-state index is 0.0170. The molecule has 1 heterocycles. The van der Waals surface area contributed by atoms with Gasteiger partial charge in [0.05, 0.1) is 11.9 Å². The molecule has 6 heteroatoms. The molecule has 1 fully saturated rings. The average molecular weight is 251 g/mol. The minimum Gasteiger partial charge on any atom is -0.354 e. The molecule has 1 aromatic rings. The zero-order valence-corrected chi connectivity index (χ0v) is 10.9. The Morgan fingerprint density at radius 3 is 2.89 bits per heavy atom. The van der Waals surface area contributed by atoms with Crippen LogP contribution in [0.25, 0.3) is 0 Å². The monoisotopic (exact) mass is 251 g/mol. The van der Waals surface area contributed by atoms with Crippen LogP contribution in [0.2, 0.25) is 0 Å². The van der Waals surface area contributed by atoms with Gasteiger partial charge in [-0.1, -0.05) is 25.0 Å². The number of nitrogens with two attached hydrogens (primary N) is 1. The van der Waals surface area contributed by atoms with E-state index in [1.807, 2.05) is 0 Å². The van der Waals surface area contributed by atoms with Crippen LogP contribution in [0, 0.1) is 5.41 Å². The highest BCUT2D eigenvalue weighted by atomic mass is 16.2. The van der Waals surface area contributed by atoms with Crippen LogP contribution in [0.5, 0.6) is 0 Å². The second-order valence-electron chi connectivity index (χ2n) is 5.41.